The van der Waals surface area contributed by atoms with Crippen LogP contribution in [0.5, 0.6) is 0 Å². The molecule has 2 heteroatoms. The van der Waals surface area contributed by atoms with E-state index < -0.39 is 0 Å². The van der Waals surface area contributed by atoms with E-state index in [4.69, 9.17) is 0 Å². The van der Waals surface area contributed by atoms with Crippen LogP contribution in [0.1, 0.15) is 6.92 Å². The number of allylic oxidation sites excluding steroid dienone is 1. The van der Waals surface area contributed by atoms with Crippen LogP contribution in [0.3, 0.4) is 0 Å². The fourth-order valence-electron chi connectivity index (χ4n) is 0.649. The molecule has 0 unspecified atom stereocenters. The minimum Gasteiger partial charge on any atom is -0.0931 e. The Morgan fingerprint density at radius 3 is 2.50 bits per heavy atom. The summed E-state index contributed by atoms with van der Waals surface area (Å²) in [6.07, 6.45) is 1.90. The number of hydrogen-bond donors (Lipinski definition) is 0. The molecule has 0 aromatic rings. The molecule has 0 saturated carbocycles. The average molecular weight is 109 g/mol. The van der Waals surface area contributed by atoms with E-state index in [1.54, 1.807) is 4.68 Å². The van der Waals surface area contributed by atoms with Crippen LogP contribution < -0.4 is 0 Å². The van der Waals surface area contributed by atoms with Crippen LogP contribution in [-0.4, -0.2) is 23.7 Å². The smallest absolute Gasteiger partial charge is 0.0931 e. The highest BCUT2D eigenvalue weighted by molar-refractivity contribution is 6.14. The van der Waals surface area contributed by atoms with Gasteiger partial charge in [0.2, 0.25) is 6.21 Å². The molecule has 0 saturated heterocycles. The molecule has 0 bridgehead atoms. The summed E-state index contributed by atoms with van der Waals surface area (Å²) in [4.78, 5) is 0. The van der Waals surface area contributed by atoms with Gasteiger partial charge in [0.05, 0.1) is 5.57 Å². The van der Waals surface area contributed by atoms with Gasteiger partial charge in [0.25, 0.3) is 0 Å². The summed E-state index contributed by atoms with van der Waals surface area (Å²) in [6, 6.07) is 0. The van der Waals surface area contributed by atoms with E-state index in [-0.39, 0.29) is 0 Å². The number of hydrazone groups is 1. The third-order valence-electron chi connectivity index (χ3n) is 1.12. The maximum Gasteiger partial charge on any atom is 0.204 e. The van der Waals surface area contributed by atoms with Gasteiger partial charge in [0, 0.05) is 0 Å². The highest BCUT2D eigenvalue weighted by atomic mass is 15.4. The van der Waals surface area contributed by atoms with Gasteiger partial charge in [-0.1, -0.05) is 11.3 Å². The van der Waals surface area contributed by atoms with Gasteiger partial charge in [-0.3, -0.25) is 0 Å². The Bertz CT molecular complexity index is 184. The quantitative estimate of drug-likeness (QED) is 0.406. The van der Waals surface area contributed by atoms with E-state index in [0.29, 0.717) is 0 Å². The summed E-state index contributed by atoms with van der Waals surface area (Å²) in [5, 5.41) is 4.06. The van der Waals surface area contributed by atoms with Gasteiger partial charge >= 0.3 is 0 Å². The molecule has 8 heavy (non-hydrogen) atoms. The zero-order valence-electron chi connectivity index (χ0n) is 5.18. The van der Waals surface area contributed by atoms with Crippen molar-refractivity contribution in [3.05, 3.63) is 12.2 Å². The molecule has 42 valence electrons. The number of hydrogen-bond acceptors (Lipinski definition) is 1. The molecule has 0 N–H and O–H groups in total. The summed E-state index contributed by atoms with van der Waals surface area (Å²) in [5.74, 6) is 0. The van der Waals surface area contributed by atoms with Crippen molar-refractivity contribution in [1.82, 2.24) is 0 Å². The molecule has 0 aromatic carbocycles. The van der Waals surface area contributed by atoms with Crippen LogP contribution in [0.4, 0.5) is 0 Å². The highest BCUT2D eigenvalue weighted by Crippen LogP contribution is 1.97. The Labute approximate surface area is 48.8 Å². The van der Waals surface area contributed by atoms with Crippen LogP contribution in [0, 0.1) is 0 Å². The topological polar surface area (TPSA) is 15.4 Å². The molecule has 0 spiro atoms. The van der Waals surface area contributed by atoms with Crippen molar-refractivity contribution in [1.29, 1.82) is 0 Å². The normalized spacial score (nSPS) is 18.5. The van der Waals surface area contributed by atoms with Gasteiger partial charge in [-0.05, 0) is 12.0 Å². The monoisotopic (exact) mass is 109 g/mol. The summed E-state index contributed by atoms with van der Waals surface area (Å²) in [5.41, 5.74) is 2.01. The predicted molar refractivity (Wildman–Crippen MR) is 34.5 cm³/mol. The molecule has 0 fully saturated rings. The van der Waals surface area contributed by atoms with Crippen molar-refractivity contribution in [2.75, 3.05) is 7.05 Å². The van der Waals surface area contributed by atoms with Crippen molar-refractivity contribution in [2.24, 2.45) is 5.10 Å². The van der Waals surface area contributed by atoms with E-state index in [2.05, 4.69) is 11.7 Å². The summed E-state index contributed by atoms with van der Waals surface area (Å²) >= 11 is 0. The van der Waals surface area contributed by atoms with Crippen LogP contribution in [0.15, 0.2) is 17.3 Å². The molecule has 0 radical (unpaired) electrons. The van der Waals surface area contributed by atoms with E-state index >= 15 is 0 Å². The third-order valence-corrected chi connectivity index (χ3v) is 1.12. The van der Waals surface area contributed by atoms with Crippen LogP contribution >= 0.6 is 0 Å². The zero-order chi connectivity index (χ0) is 6.15. The van der Waals surface area contributed by atoms with Gasteiger partial charge in [-0.15, -0.1) is 0 Å². The van der Waals surface area contributed by atoms with Crippen molar-refractivity contribution >= 4 is 11.9 Å². The van der Waals surface area contributed by atoms with Gasteiger partial charge < -0.3 is 0 Å². The Balaban J connectivity index is 2.95. The molecule has 1 aliphatic heterocycles. The average Bonchev–Trinajstić information content (AvgIpc) is 1.85. The maximum absolute atomic E-state index is 4.06. The molecule has 0 atom stereocenters. The second kappa shape index (κ2) is 1.54. The molecular formula is C6H9N2+. The number of nitrogens with zero attached hydrogens (tertiary/aromatic N) is 2. The van der Waals surface area contributed by atoms with Gasteiger partial charge in [0.1, 0.15) is 5.71 Å². The highest BCUT2D eigenvalue weighted by Gasteiger charge is 2.10. The molecular weight excluding hydrogens is 100 g/mol. The first-order chi connectivity index (χ1) is 3.70. The van der Waals surface area contributed by atoms with Crippen LogP contribution in [-0.2, 0) is 0 Å². The van der Waals surface area contributed by atoms with Crippen molar-refractivity contribution in [3.63, 3.8) is 0 Å². The molecule has 1 rings (SSSR count). The van der Waals surface area contributed by atoms with Gasteiger partial charge in [-0.2, -0.15) is 0 Å². The minimum absolute atomic E-state index is 1.01. The lowest BCUT2D eigenvalue weighted by molar-refractivity contribution is -0.494. The Morgan fingerprint density at radius 2 is 2.38 bits per heavy atom. The number of rotatable bonds is 0. The van der Waals surface area contributed by atoms with Crippen LogP contribution in [0.25, 0.3) is 0 Å². The fourth-order valence-corrected chi connectivity index (χ4v) is 0.649. The SMILES string of the molecule is C=C1C=[N+](C)N=C1C. The summed E-state index contributed by atoms with van der Waals surface area (Å²) in [6.45, 7) is 5.70. The molecule has 1 aliphatic rings. The molecule has 0 aliphatic carbocycles. The van der Waals surface area contributed by atoms with Gasteiger partial charge in [0.15, 0.2) is 7.05 Å². The van der Waals surface area contributed by atoms with E-state index in [9.17, 15) is 0 Å². The lowest BCUT2D eigenvalue weighted by Crippen LogP contribution is -1.90. The van der Waals surface area contributed by atoms with Crippen molar-refractivity contribution in [3.8, 4) is 0 Å². The first-order valence-corrected chi connectivity index (χ1v) is 2.52. The summed E-state index contributed by atoms with van der Waals surface area (Å²) < 4.78 is 1.76. The zero-order valence-corrected chi connectivity index (χ0v) is 5.18. The Morgan fingerprint density at radius 1 is 1.75 bits per heavy atom. The second-order valence-electron chi connectivity index (χ2n) is 1.91. The molecule has 0 amide bonds. The van der Waals surface area contributed by atoms with Crippen molar-refractivity contribution < 1.29 is 4.68 Å². The molecule has 0 aromatic heterocycles. The van der Waals surface area contributed by atoms with E-state index in [0.717, 1.165) is 11.3 Å². The first kappa shape index (κ1) is 5.22. The lowest BCUT2D eigenvalue weighted by atomic mass is 10.2. The Hall–Kier alpha value is -0.920. The van der Waals surface area contributed by atoms with Crippen molar-refractivity contribution in [2.45, 2.75) is 6.92 Å². The van der Waals surface area contributed by atoms with Gasteiger partial charge in [-0.25, -0.2) is 0 Å². The molecule has 2 nitrogen and oxygen atoms in total. The summed E-state index contributed by atoms with van der Waals surface area (Å²) in [7, 11) is 1.89. The first-order valence-electron chi connectivity index (χ1n) is 2.52. The third kappa shape index (κ3) is 0.689. The largest absolute Gasteiger partial charge is 0.204 e. The predicted octanol–water partition coefficient (Wildman–Crippen LogP) is 0.645. The van der Waals surface area contributed by atoms with E-state index in [1.165, 1.54) is 0 Å². The minimum atomic E-state index is 1.01. The molecule has 1 heterocycles. The Kier molecular flexibility index (Phi) is 1.01. The standard InChI is InChI=1S/C6H9N2/c1-5-4-8(3)7-6(5)2/h4H,1H2,2-3H3/q+1. The second-order valence-corrected chi connectivity index (χ2v) is 1.91. The maximum atomic E-state index is 4.06. The van der Waals surface area contributed by atoms with E-state index in [1.807, 2.05) is 20.2 Å². The van der Waals surface area contributed by atoms with Crippen LogP contribution in [0.2, 0.25) is 0 Å². The fraction of sp³-hybridized carbons (Fsp3) is 0.333. The lowest BCUT2D eigenvalue weighted by Gasteiger charge is -1.75.